The molecule has 2 fully saturated rings. The summed E-state index contributed by atoms with van der Waals surface area (Å²) in [5.41, 5.74) is 3.91. The summed E-state index contributed by atoms with van der Waals surface area (Å²) in [6.07, 6.45) is 2.13. The fraction of sp³-hybridized carbons (Fsp3) is 0.400. The van der Waals surface area contributed by atoms with E-state index in [2.05, 4.69) is 10.6 Å². The Hall–Kier alpha value is -3.19. The quantitative estimate of drug-likeness (QED) is 0.729. The molecule has 32 heavy (non-hydrogen) atoms. The van der Waals surface area contributed by atoms with Crippen molar-refractivity contribution in [2.75, 3.05) is 29.9 Å². The second kappa shape index (κ2) is 9.53. The van der Waals surface area contributed by atoms with Crippen molar-refractivity contribution in [3.05, 3.63) is 59.2 Å². The van der Waals surface area contributed by atoms with Crippen molar-refractivity contribution in [2.45, 2.75) is 39.2 Å². The van der Waals surface area contributed by atoms with Crippen molar-refractivity contribution in [3.63, 3.8) is 0 Å². The Balaban J connectivity index is 1.41. The van der Waals surface area contributed by atoms with Crippen LogP contribution in [0, 0.1) is 19.8 Å². The zero-order chi connectivity index (χ0) is 22.7. The first-order valence-corrected chi connectivity index (χ1v) is 11.1. The molecule has 0 radical (unpaired) electrons. The molecule has 2 atom stereocenters. The molecule has 0 unspecified atom stereocenters. The molecule has 2 heterocycles. The van der Waals surface area contributed by atoms with Gasteiger partial charge in [-0.15, -0.1) is 0 Å². The predicted molar refractivity (Wildman–Crippen MR) is 123 cm³/mol. The van der Waals surface area contributed by atoms with Crippen LogP contribution < -0.4 is 15.5 Å². The maximum atomic E-state index is 13.0. The Labute approximate surface area is 188 Å². The number of amides is 3. The molecule has 0 aromatic heterocycles. The van der Waals surface area contributed by atoms with E-state index >= 15 is 0 Å². The Morgan fingerprint density at radius 2 is 1.94 bits per heavy atom. The molecule has 2 saturated heterocycles. The van der Waals surface area contributed by atoms with Crippen LogP contribution in [0.4, 0.5) is 11.4 Å². The van der Waals surface area contributed by atoms with E-state index in [0.717, 1.165) is 36.3 Å². The van der Waals surface area contributed by atoms with Gasteiger partial charge >= 0.3 is 0 Å². The Bertz CT molecular complexity index is 1030. The van der Waals surface area contributed by atoms with E-state index in [-0.39, 0.29) is 30.2 Å². The van der Waals surface area contributed by atoms with E-state index in [4.69, 9.17) is 4.74 Å². The van der Waals surface area contributed by atoms with Crippen molar-refractivity contribution in [1.29, 1.82) is 0 Å². The van der Waals surface area contributed by atoms with Gasteiger partial charge in [0, 0.05) is 31.8 Å². The van der Waals surface area contributed by atoms with Gasteiger partial charge in [0.25, 0.3) is 5.91 Å². The highest BCUT2D eigenvalue weighted by Gasteiger charge is 2.35. The van der Waals surface area contributed by atoms with Gasteiger partial charge in [-0.05, 0) is 62.1 Å². The SMILES string of the molecule is Cc1ccc(N2C[C@@H](C(=O)Nc3ccccc3C(=O)NC[C@@H]3CCCO3)CC2=O)cc1C. The molecular formula is C25H29N3O4. The summed E-state index contributed by atoms with van der Waals surface area (Å²) in [5, 5.41) is 5.76. The fourth-order valence-electron chi connectivity index (χ4n) is 4.16. The number of aryl methyl sites for hydroxylation is 2. The fourth-order valence-corrected chi connectivity index (χ4v) is 4.16. The van der Waals surface area contributed by atoms with Crippen molar-refractivity contribution in [3.8, 4) is 0 Å². The molecule has 0 spiro atoms. The number of benzene rings is 2. The second-order valence-corrected chi connectivity index (χ2v) is 8.55. The van der Waals surface area contributed by atoms with Crippen LogP contribution in [0.1, 0.15) is 40.7 Å². The highest BCUT2D eigenvalue weighted by atomic mass is 16.5. The van der Waals surface area contributed by atoms with Crippen molar-refractivity contribution in [1.82, 2.24) is 5.32 Å². The molecular weight excluding hydrogens is 406 g/mol. The van der Waals surface area contributed by atoms with E-state index in [1.54, 1.807) is 29.2 Å². The predicted octanol–water partition coefficient (Wildman–Crippen LogP) is 3.20. The molecule has 4 rings (SSSR count). The molecule has 168 valence electrons. The van der Waals surface area contributed by atoms with Crippen molar-refractivity contribution in [2.24, 2.45) is 5.92 Å². The van der Waals surface area contributed by atoms with Gasteiger partial charge in [0.1, 0.15) is 0 Å². The maximum absolute atomic E-state index is 13.0. The van der Waals surface area contributed by atoms with Crippen molar-refractivity contribution < 1.29 is 19.1 Å². The minimum Gasteiger partial charge on any atom is -0.376 e. The molecule has 0 aliphatic carbocycles. The zero-order valence-electron chi connectivity index (χ0n) is 18.5. The molecule has 2 aliphatic rings. The van der Waals surface area contributed by atoms with E-state index in [1.807, 2.05) is 32.0 Å². The molecule has 7 heteroatoms. The molecule has 0 saturated carbocycles. The minimum atomic E-state index is -0.480. The number of anilines is 2. The molecule has 2 aliphatic heterocycles. The van der Waals surface area contributed by atoms with Crippen LogP contribution in [0.3, 0.4) is 0 Å². The first-order valence-electron chi connectivity index (χ1n) is 11.1. The van der Waals surface area contributed by atoms with Crippen LogP contribution in [0.15, 0.2) is 42.5 Å². The third-order valence-electron chi connectivity index (χ3n) is 6.24. The zero-order valence-corrected chi connectivity index (χ0v) is 18.5. The summed E-state index contributed by atoms with van der Waals surface area (Å²) in [5.74, 6) is -1.07. The molecule has 2 aromatic carbocycles. The van der Waals surface area contributed by atoms with Crippen LogP contribution in [0.5, 0.6) is 0 Å². The minimum absolute atomic E-state index is 0.0431. The highest BCUT2D eigenvalue weighted by Crippen LogP contribution is 2.28. The summed E-state index contributed by atoms with van der Waals surface area (Å²) >= 11 is 0. The van der Waals surface area contributed by atoms with Crippen LogP contribution in [-0.4, -0.2) is 43.5 Å². The van der Waals surface area contributed by atoms with Gasteiger partial charge in [-0.25, -0.2) is 0 Å². The van der Waals surface area contributed by atoms with Gasteiger partial charge in [-0.2, -0.15) is 0 Å². The number of hydrogen-bond donors (Lipinski definition) is 2. The lowest BCUT2D eigenvalue weighted by atomic mass is 10.1. The summed E-state index contributed by atoms with van der Waals surface area (Å²) < 4.78 is 5.55. The van der Waals surface area contributed by atoms with E-state index < -0.39 is 5.92 Å². The van der Waals surface area contributed by atoms with Gasteiger partial charge in [0.2, 0.25) is 11.8 Å². The lowest BCUT2D eigenvalue weighted by Crippen LogP contribution is -2.33. The van der Waals surface area contributed by atoms with Gasteiger partial charge in [-0.1, -0.05) is 18.2 Å². The van der Waals surface area contributed by atoms with Crippen LogP contribution >= 0.6 is 0 Å². The van der Waals surface area contributed by atoms with Gasteiger partial charge < -0.3 is 20.3 Å². The van der Waals surface area contributed by atoms with Gasteiger partial charge in [-0.3, -0.25) is 14.4 Å². The number of carbonyl (C=O) groups excluding carboxylic acids is 3. The van der Waals surface area contributed by atoms with E-state index in [9.17, 15) is 14.4 Å². The first kappa shape index (κ1) is 22.0. The first-order chi connectivity index (χ1) is 15.4. The number of nitrogens with one attached hydrogen (secondary N) is 2. The lowest BCUT2D eigenvalue weighted by molar-refractivity contribution is -0.122. The summed E-state index contributed by atoms with van der Waals surface area (Å²) in [6.45, 7) is 5.52. The number of carbonyl (C=O) groups is 3. The molecule has 0 bridgehead atoms. The average molecular weight is 436 g/mol. The number of ether oxygens (including phenoxy) is 1. The summed E-state index contributed by atoms with van der Waals surface area (Å²) in [4.78, 5) is 39.9. The molecule has 2 aromatic rings. The number of rotatable bonds is 6. The molecule has 2 N–H and O–H groups in total. The molecule has 7 nitrogen and oxygen atoms in total. The normalized spacial score (nSPS) is 20.4. The topological polar surface area (TPSA) is 87.7 Å². The Morgan fingerprint density at radius 3 is 2.69 bits per heavy atom. The third-order valence-corrected chi connectivity index (χ3v) is 6.24. The average Bonchev–Trinajstić information content (AvgIpc) is 3.44. The molecule has 3 amide bonds. The number of nitrogens with zero attached hydrogens (tertiary/aromatic N) is 1. The van der Waals surface area contributed by atoms with Crippen LogP contribution in [0.25, 0.3) is 0 Å². The van der Waals surface area contributed by atoms with Crippen LogP contribution in [-0.2, 0) is 14.3 Å². The van der Waals surface area contributed by atoms with E-state index in [0.29, 0.717) is 24.3 Å². The Kier molecular flexibility index (Phi) is 6.55. The summed E-state index contributed by atoms with van der Waals surface area (Å²) in [6, 6.07) is 12.8. The number of para-hydroxylation sites is 1. The van der Waals surface area contributed by atoms with Crippen LogP contribution in [0.2, 0.25) is 0 Å². The monoisotopic (exact) mass is 435 g/mol. The Morgan fingerprint density at radius 1 is 1.12 bits per heavy atom. The highest BCUT2D eigenvalue weighted by molar-refractivity contribution is 6.07. The number of hydrogen-bond acceptors (Lipinski definition) is 4. The van der Waals surface area contributed by atoms with Gasteiger partial charge in [0.15, 0.2) is 0 Å². The summed E-state index contributed by atoms with van der Waals surface area (Å²) in [7, 11) is 0. The largest absolute Gasteiger partial charge is 0.376 e. The van der Waals surface area contributed by atoms with Crippen molar-refractivity contribution >= 4 is 29.1 Å². The maximum Gasteiger partial charge on any atom is 0.253 e. The second-order valence-electron chi connectivity index (χ2n) is 8.55. The van der Waals surface area contributed by atoms with Gasteiger partial charge in [0.05, 0.1) is 23.3 Å². The smallest absolute Gasteiger partial charge is 0.253 e. The standard InChI is InChI=1S/C25H29N3O4/c1-16-9-10-19(12-17(16)2)28-15-18(13-23(28)29)24(30)27-22-8-4-3-7-21(22)25(31)26-14-20-6-5-11-32-20/h3-4,7-10,12,18,20H,5-6,11,13-15H2,1-2H3,(H,26,31)(H,27,30)/t18-,20-/m0/s1. The van der Waals surface area contributed by atoms with E-state index in [1.165, 1.54) is 0 Å². The lowest BCUT2D eigenvalue weighted by Gasteiger charge is -2.18. The third kappa shape index (κ3) is 4.83.